The summed E-state index contributed by atoms with van der Waals surface area (Å²) in [6, 6.07) is 60.2. The molecule has 10 rings (SSSR count). The molecule has 0 aliphatic carbocycles. The van der Waals surface area contributed by atoms with Crippen LogP contribution in [0.3, 0.4) is 0 Å². The summed E-state index contributed by atoms with van der Waals surface area (Å²) in [5.41, 5.74) is 8.11. The van der Waals surface area contributed by atoms with E-state index >= 15 is 0 Å². The number of nitrogens with zero attached hydrogens (tertiary/aromatic N) is 1. The summed E-state index contributed by atoms with van der Waals surface area (Å²) in [7, 11) is 0. The Balaban J connectivity index is 0.000000179. The number of nitriles is 1. The quantitative estimate of drug-likeness (QED) is 0.0660. The largest absolute Gasteiger partial charge is 0.380 e. The number of aliphatic hydroxyl groups is 2. The molecule has 0 saturated carbocycles. The molecule has 0 aliphatic rings. The van der Waals surface area contributed by atoms with Crippen molar-refractivity contribution in [3.63, 3.8) is 0 Å². The number of carbonyl (C=O) groups is 1. The van der Waals surface area contributed by atoms with Crippen LogP contribution in [-0.4, -0.2) is 22.5 Å². The van der Waals surface area contributed by atoms with Crippen LogP contribution in [0.4, 0.5) is 43.9 Å². The highest BCUT2D eigenvalue weighted by Gasteiger charge is 2.33. The molecule has 0 aliphatic heterocycles. The van der Waals surface area contributed by atoms with Gasteiger partial charge in [-0.05, 0) is 197 Å². The number of benzene rings is 10. The Hall–Kier alpha value is -9.72. The number of rotatable bonds is 16. The van der Waals surface area contributed by atoms with E-state index in [1.807, 2.05) is 43.3 Å². The van der Waals surface area contributed by atoms with Gasteiger partial charge in [0.2, 0.25) is 0 Å². The van der Waals surface area contributed by atoms with Crippen LogP contribution in [0.1, 0.15) is 112 Å². The van der Waals surface area contributed by atoms with Crippen molar-refractivity contribution in [2.24, 2.45) is 5.73 Å². The van der Waals surface area contributed by atoms with Crippen molar-refractivity contribution in [2.45, 2.75) is 63.1 Å². The van der Waals surface area contributed by atoms with E-state index in [-0.39, 0.29) is 76.6 Å². The molecule has 0 heterocycles. The van der Waals surface area contributed by atoms with Crippen LogP contribution in [0.5, 0.6) is 0 Å². The van der Waals surface area contributed by atoms with E-state index in [0.717, 1.165) is 71.4 Å². The third-order valence-corrected chi connectivity index (χ3v) is 14.0. The lowest BCUT2D eigenvalue weighted by atomic mass is 9.83. The molecule has 0 unspecified atom stereocenters. The molecule has 0 aromatic heterocycles. The van der Waals surface area contributed by atoms with Gasteiger partial charge in [-0.1, -0.05) is 148 Å². The van der Waals surface area contributed by atoms with Crippen molar-refractivity contribution < 1.29 is 58.9 Å². The van der Waals surface area contributed by atoms with E-state index in [4.69, 9.17) is 11.0 Å². The molecule has 0 saturated heterocycles. The zero-order chi connectivity index (χ0) is 65.2. The third-order valence-electron chi connectivity index (χ3n) is 14.0. The molecule has 5 nitrogen and oxygen atoms in total. The Labute approximate surface area is 517 Å². The maximum atomic E-state index is 13.3. The van der Waals surface area contributed by atoms with Gasteiger partial charge in [0, 0.05) is 17.0 Å². The first kappa shape index (κ1) is 69.4. The van der Waals surface area contributed by atoms with Crippen molar-refractivity contribution in [2.75, 3.05) is 6.54 Å². The first-order valence-corrected chi connectivity index (χ1v) is 28.5. The van der Waals surface area contributed by atoms with E-state index in [0.29, 0.717) is 11.1 Å². The zero-order valence-corrected chi connectivity index (χ0v) is 49.1. The van der Waals surface area contributed by atoms with Gasteiger partial charge in [-0.2, -0.15) is 5.26 Å². The van der Waals surface area contributed by atoms with Crippen LogP contribution in [0.2, 0.25) is 0 Å². The standard InChI is InChI=1S/C16H16F2.C16H14F2.C15H15F2NO.C15H11F2NO.C13H8F2O/c2*1-2-5-16(12-6-3-8-14(17)10-12)13-7-4-9-15(18)11-13;2*16-13-5-1-3-11(9-13)15(19,7-8-18)12-4-2-6-14(17)10-12;14-11-5-1-3-9(7-11)13(16)10-4-2-6-12(15)8-10/h3-4,6-11,16H,2,5H2,1H3;3-11H,2H2,1H3;1-6,9-10,19H,7-8,18H2;1-6,9-10,19H,7H2;1-8H. The van der Waals surface area contributed by atoms with Gasteiger partial charge in [0.15, 0.2) is 5.78 Å². The highest BCUT2D eigenvalue weighted by molar-refractivity contribution is 6.08. The lowest BCUT2D eigenvalue weighted by molar-refractivity contribution is 0.0730. The Bertz CT molecular complexity index is 3800. The molecule has 10 aromatic carbocycles. The molecule has 0 bridgehead atoms. The molecular formula is C75H64F10N2O3. The average Bonchev–Trinajstić information content (AvgIpc) is 1.16. The second kappa shape index (κ2) is 34.1. The van der Waals surface area contributed by atoms with Crippen LogP contribution in [0, 0.1) is 69.5 Å². The summed E-state index contributed by atoms with van der Waals surface area (Å²) in [5, 5.41) is 30.3. The topological polar surface area (TPSA) is 107 Å². The molecule has 10 aromatic rings. The number of carbonyl (C=O) groups excluding carboxylic acids is 1. The highest BCUT2D eigenvalue weighted by Crippen LogP contribution is 2.36. The summed E-state index contributed by atoms with van der Waals surface area (Å²) in [6.07, 6.45) is 4.52. The number of hydrogen-bond acceptors (Lipinski definition) is 5. The molecule has 0 fully saturated rings. The van der Waals surface area contributed by atoms with Gasteiger partial charge >= 0.3 is 0 Å². The van der Waals surface area contributed by atoms with Crippen molar-refractivity contribution >= 4 is 11.4 Å². The van der Waals surface area contributed by atoms with Crippen LogP contribution in [-0.2, 0) is 11.2 Å². The molecule has 0 amide bonds. The predicted octanol–water partition coefficient (Wildman–Crippen LogP) is 18.6. The van der Waals surface area contributed by atoms with Gasteiger partial charge in [0.25, 0.3) is 0 Å². The number of halogens is 10. The van der Waals surface area contributed by atoms with Gasteiger partial charge < -0.3 is 15.9 Å². The van der Waals surface area contributed by atoms with Gasteiger partial charge in [-0.15, -0.1) is 0 Å². The maximum absolute atomic E-state index is 13.3. The fraction of sp³-hybridized carbons (Fsp3) is 0.147. The molecule has 4 N–H and O–H groups in total. The second-order valence-corrected chi connectivity index (χ2v) is 20.5. The number of nitrogens with two attached hydrogens (primary N) is 1. The minimum absolute atomic E-state index is 0.0569. The SMILES string of the molecule is CCC=C(c1cccc(F)c1)c1cccc(F)c1.CCCC(c1cccc(F)c1)c1cccc(F)c1.N#CCC(O)(c1cccc(F)c1)c1cccc(F)c1.NCCC(O)(c1cccc(F)c1)c1cccc(F)c1.O=C(c1cccc(F)c1)c1cccc(F)c1. The van der Waals surface area contributed by atoms with Crippen LogP contribution in [0.15, 0.2) is 249 Å². The minimum Gasteiger partial charge on any atom is -0.380 e. The second-order valence-electron chi connectivity index (χ2n) is 20.5. The van der Waals surface area contributed by atoms with E-state index < -0.39 is 46.1 Å². The van der Waals surface area contributed by atoms with E-state index in [1.165, 1.54) is 158 Å². The first-order chi connectivity index (χ1) is 43.2. The third kappa shape index (κ3) is 20.2. The average molecular weight is 1230 g/mol. The lowest BCUT2D eigenvalue weighted by Crippen LogP contribution is -2.30. The van der Waals surface area contributed by atoms with Crippen molar-refractivity contribution in [1.82, 2.24) is 0 Å². The molecule has 0 atom stereocenters. The maximum Gasteiger partial charge on any atom is 0.193 e. The summed E-state index contributed by atoms with van der Waals surface area (Å²) < 4.78 is 132. The van der Waals surface area contributed by atoms with Crippen LogP contribution in [0.25, 0.3) is 5.57 Å². The normalized spacial score (nSPS) is 10.8. The summed E-state index contributed by atoms with van der Waals surface area (Å²) in [4.78, 5) is 11.8. The van der Waals surface area contributed by atoms with Gasteiger partial charge in [-0.3, -0.25) is 4.79 Å². The molecule has 0 radical (unpaired) electrons. The summed E-state index contributed by atoms with van der Waals surface area (Å²) in [5.74, 6) is -4.32. The fourth-order valence-corrected chi connectivity index (χ4v) is 9.74. The van der Waals surface area contributed by atoms with E-state index in [9.17, 15) is 58.9 Å². The fourth-order valence-electron chi connectivity index (χ4n) is 9.74. The van der Waals surface area contributed by atoms with Crippen molar-refractivity contribution in [3.8, 4) is 6.07 Å². The predicted molar refractivity (Wildman–Crippen MR) is 331 cm³/mol. The Morgan fingerprint density at radius 3 is 1.01 bits per heavy atom. The van der Waals surface area contributed by atoms with Gasteiger partial charge in [-0.25, -0.2) is 43.9 Å². The molecule has 90 heavy (non-hydrogen) atoms. The number of ketones is 1. The number of allylic oxidation sites excluding steroid dienone is 1. The summed E-state index contributed by atoms with van der Waals surface area (Å²) in [6.45, 7) is 4.27. The van der Waals surface area contributed by atoms with Crippen LogP contribution < -0.4 is 5.73 Å². The zero-order valence-electron chi connectivity index (χ0n) is 49.1. The molecular weight excluding hydrogens is 1170 g/mol. The highest BCUT2D eigenvalue weighted by atomic mass is 19.2. The Morgan fingerprint density at radius 1 is 0.433 bits per heavy atom. The molecule has 462 valence electrons. The lowest BCUT2D eigenvalue weighted by Gasteiger charge is -2.29. The first-order valence-electron chi connectivity index (χ1n) is 28.5. The number of hydrogen-bond donors (Lipinski definition) is 3. The van der Waals surface area contributed by atoms with Gasteiger partial charge in [0.05, 0.1) is 12.5 Å². The monoisotopic (exact) mass is 1230 g/mol. The summed E-state index contributed by atoms with van der Waals surface area (Å²) >= 11 is 0. The Kier molecular flexibility index (Phi) is 26.3. The Morgan fingerprint density at radius 2 is 0.722 bits per heavy atom. The van der Waals surface area contributed by atoms with E-state index in [1.54, 1.807) is 36.4 Å². The van der Waals surface area contributed by atoms with Gasteiger partial charge in [0.1, 0.15) is 69.4 Å². The molecule has 0 spiro atoms. The van der Waals surface area contributed by atoms with Crippen molar-refractivity contribution in [1.29, 1.82) is 5.26 Å². The van der Waals surface area contributed by atoms with Crippen molar-refractivity contribution in [3.05, 3.63) is 363 Å². The van der Waals surface area contributed by atoms with Crippen LogP contribution >= 0.6 is 0 Å². The minimum atomic E-state index is -1.72. The van der Waals surface area contributed by atoms with E-state index in [2.05, 4.69) is 6.92 Å². The smallest absolute Gasteiger partial charge is 0.193 e. The molecule has 15 heteroatoms.